The molecule has 1 aromatic rings. The molecular formula is C16H25N3O2. The first-order valence-electron chi connectivity index (χ1n) is 7.64. The second-order valence-electron chi connectivity index (χ2n) is 5.51. The van der Waals surface area contributed by atoms with Crippen molar-refractivity contribution in [1.29, 1.82) is 0 Å². The van der Waals surface area contributed by atoms with Gasteiger partial charge in [0.1, 0.15) is 0 Å². The van der Waals surface area contributed by atoms with Crippen LogP contribution in [0.15, 0.2) is 30.3 Å². The van der Waals surface area contributed by atoms with E-state index in [1.165, 1.54) is 5.69 Å². The van der Waals surface area contributed by atoms with Gasteiger partial charge in [-0.05, 0) is 31.4 Å². The number of likely N-dealkylation sites (tertiary alicyclic amines) is 1. The molecule has 2 N–H and O–H groups in total. The number of amides is 2. The van der Waals surface area contributed by atoms with Gasteiger partial charge in [0.2, 0.25) is 0 Å². The number of nitrogens with one attached hydrogen (secondary N) is 1. The number of nitrogens with zero attached hydrogens (tertiary/aromatic N) is 2. The minimum absolute atomic E-state index is 0.00278. The van der Waals surface area contributed by atoms with E-state index in [0.717, 1.165) is 32.4 Å². The molecule has 1 aliphatic rings. The first kappa shape index (κ1) is 15.6. The van der Waals surface area contributed by atoms with Crippen LogP contribution in [-0.2, 0) is 0 Å². The van der Waals surface area contributed by atoms with Gasteiger partial charge in [0.05, 0.1) is 12.6 Å². The number of carbonyl (C=O) groups excluding carboxylic acids is 1. The number of aliphatic hydroxyl groups is 1. The second-order valence-corrected chi connectivity index (χ2v) is 5.51. The maximum atomic E-state index is 12.0. The topological polar surface area (TPSA) is 55.8 Å². The first-order chi connectivity index (χ1) is 10.2. The van der Waals surface area contributed by atoms with E-state index in [1.807, 2.05) is 18.2 Å². The molecule has 1 aliphatic heterocycles. The number of hydrogen-bond acceptors (Lipinski definition) is 3. The summed E-state index contributed by atoms with van der Waals surface area (Å²) in [6, 6.07) is 10.2. The summed E-state index contributed by atoms with van der Waals surface area (Å²) in [4.78, 5) is 15.9. The van der Waals surface area contributed by atoms with E-state index in [-0.39, 0.29) is 18.7 Å². The van der Waals surface area contributed by atoms with Gasteiger partial charge in [0, 0.05) is 32.4 Å². The Labute approximate surface area is 126 Å². The molecule has 1 heterocycles. The molecule has 0 aromatic heterocycles. The molecule has 21 heavy (non-hydrogen) atoms. The summed E-state index contributed by atoms with van der Waals surface area (Å²) >= 11 is 0. The van der Waals surface area contributed by atoms with Crippen LogP contribution in [0.25, 0.3) is 0 Å². The van der Waals surface area contributed by atoms with Gasteiger partial charge in [-0.25, -0.2) is 4.79 Å². The Morgan fingerprint density at radius 2 is 2.19 bits per heavy atom. The Morgan fingerprint density at radius 1 is 1.43 bits per heavy atom. The predicted octanol–water partition coefficient (Wildman–Crippen LogP) is 1.68. The predicted molar refractivity (Wildman–Crippen MR) is 84.5 cm³/mol. The number of aliphatic hydroxyl groups excluding tert-OH is 1. The molecule has 2 amide bonds. The van der Waals surface area contributed by atoms with Crippen LogP contribution in [0, 0.1) is 0 Å². The van der Waals surface area contributed by atoms with Gasteiger partial charge in [0.25, 0.3) is 0 Å². The highest BCUT2D eigenvalue weighted by molar-refractivity contribution is 5.74. The van der Waals surface area contributed by atoms with E-state index in [9.17, 15) is 9.90 Å². The van der Waals surface area contributed by atoms with Crippen LogP contribution in [0.4, 0.5) is 10.5 Å². The summed E-state index contributed by atoms with van der Waals surface area (Å²) in [5, 5.41) is 12.2. The summed E-state index contributed by atoms with van der Waals surface area (Å²) < 4.78 is 0. The highest BCUT2D eigenvalue weighted by Crippen LogP contribution is 2.16. The van der Waals surface area contributed by atoms with Crippen molar-refractivity contribution < 1.29 is 9.90 Å². The number of anilines is 1. The van der Waals surface area contributed by atoms with Crippen molar-refractivity contribution in [1.82, 2.24) is 10.2 Å². The average Bonchev–Trinajstić information content (AvgIpc) is 3.00. The van der Waals surface area contributed by atoms with E-state index in [4.69, 9.17) is 0 Å². The molecule has 5 nitrogen and oxygen atoms in total. The molecule has 0 spiro atoms. The molecule has 0 aliphatic carbocycles. The number of rotatable bonds is 6. The number of urea groups is 1. The van der Waals surface area contributed by atoms with Gasteiger partial charge in [0.15, 0.2) is 0 Å². The Bertz CT molecular complexity index is 438. The van der Waals surface area contributed by atoms with E-state index in [0.29, 0.717) is 6.54 Å². The summed E-state index contributed by atoms with van der Waals surface area (Å²) in [5.41, 5.74) is 1.18. The zero-order valence-corrected chi connectivity index (χ0v) is 12.7. The lowest BCUT2D eigenvalue weighted by Crippen LogP contribution is -2.44. The molecule has 0 bridgehead atoms. The molecule has 1 aromatic carbocycles. The van der Waals surface area contributed by atoms with E-state index in [2.05, 4.69) is 29.4 Å². The maximum Gasteiger partial charge on any atom is 0.317 e. The van der Waals surface area contributed by atoms with E-state index >= 15 is 0 Å². The fraction of sp³-hybridized carbons (Fsp3) is 0.562. The number of para-hydroxylation sites is 1. The molecular weight excluding hydrogens is 266 g/mol. The van der Waals surface area contributed by atoms with Crippen molar-refractivity contribution in [3.8, 4) is 0 Å². The largest absolute Gasteiger partial charge is 0.394 e. The molecule has 0 saturated carbocycles. The minimum Gasteiger partial charge on any atom is -0.394 e. The third-order valence-electron chi connectivity index (χ3n) is 3.99. The standard InChI is InChI=1S/C16H25N3O2/c1-18(14-7-3-2-4-8-14)11-6-10-17-16(21)19-12-5-9-15(19)13-20/h2-4,7-8,15,20H,5-6,9-13H2,1H3,(H,17,21). The van der Waals surface area contributed by atoms with Crippen molar-refractivity contribution in [2.24, 2.45) is 0 Å². The number of carbonyl (C=O) groups is 1. The highest BCUT2D eigenvalue weighted by Gasteiger charge is 2.27. The van der Waals surface area contributed by atoms with Crippen LogP contribution in [0.5, 0.6) is 0 Å². The van der Waals surface area contributed by atoms with Crippen molar-refractivity contribution in [3.63, 3.8) is 0 Å². The monoisotopic (exact) mass is 291 g/mol. The Morgan fingerprint density at radius 3 is 2.90 bits per heavy atom. The van der Waals surface area contributed by atoms with Crippen LogP contribution < -0.4 is 10.2 Å². The Hall–Kier alpha value is -1.75. The van der Waals surface area contributed by atoms with Crippen LogP contribution >= 0.6 is 0 Å². The lowest BCUT2D eigenvalue weighted by atomic mass is 10.2. The van der Waals surface area contributed by atoms with Crippen molar-refractivity contribution in [2.45, 2.75) is 25.3 Å². The quantitative estimate of drug-likeness (QED) is 0.784. The van der Waals surface area contributed by atoms with Gasteiger partial charge in [-0.3, -0.25) is 0 Å². The summed E-state index contributed by atoms with van der Waals surface area (Å²) in [6.07, 6.45) is 2.78. The smallest absolute Gasteiger partial charge is 0.317 e. The summed E-state index contributed by atoms with van der Waals surface area (Å²) in [6.45, 7) is 2.36. The normalized spacial score (nSPS) is 17.8. The average molecular weight is 291 g/mol. The SMILES string of the molecule is CN(CCCNC(=O)N1CCCC1CO)c1ccccc1. The fourth-order valence-corrected chi connectivity index (χ4v) is 2.72. The second kappa shape index (κ2) is 7.88. The van der Waals surface area contributed by atoms with Crippen LogP contribution in [-0.4, -0.2) is 55.4 Å². The molecule has 1 fully saturated rings. The maximum absolute atomic E-state index is 12.0. The van der Waals surface area contributed by atoms with Crippen molar-refractivity contribution in [2.75, 3.05) is 38.2 Å². The summed E-state index contributed by atoms with van der Waals surface area (Å²) in [5.74, 6) is 0. The fourth-order valence-electron chi connectivity index (χ4n) is 2.72. The van der Waals surface area contributed by atoms with Gasteiger partial charge in [-0.1, -0.05) is 18.2 Å². The van der Waals surface area contributed by atoms with E-state index in [1.54, 1.807) is 4.90 Å². The van der Waals surface area contributed by atoms with Gasteiger partial charge in [-0.15, -0.1) is 0 Å². The first-order valence-corrected chi connectivity index (χ1v) is 7.64. The Balaban J connectivity index is 1.66. The van der Waals surface area contributed by atoms with Gasteiger partial charge >= 0.3 is 6.03 Å². The molecule has 1 atom stereocenters. The highest BCUT2D eigenvalue weighted by atomic mass is 16.3. The van der Waals surface area contributed by atoms with Crippen molar-refractivity contribution >= 4 is 11.7 Å². The van der Waals surface area contributed by atoms with Crippen molar-refractivity contribution in [3.05, 3.63) is 30.3 Å². The molecule has 2 rings (SSSR count). The van der Waals surface area contributed by atoms with Crippen LogP contribution in [0.1, 0.15) is 19.3 Å². The molecule has 5 heteroatoms. The lowest BCUT2D eigenvalue weighted by Gasteiger charge is -2.24. The zero-order valence-electron chi connectivity index (χ0n) is 12.7. The molecule has 0 radical (unpaired) electrons. The number of benzene rings is 1. The van der Waals surface area contributed by atoms with Gasteiger partial charge < -0.3 is 20.2 Å². The molecule has 116 valence electrons. The summed E-state index contributed by atoms with van der Waals surface area (Å²) in [7, 11) is 2.05. The zero-order chi connectivity index (χ0) is 15.1. The Kier molecular flexibility index (Phi) is 5.87. The third-order valence-corrected chi connectivity index (χ3v) is 3.99. The van der Waals surface area contributed by atoms with Crippen LogP contribution in [0.3, 0.4) is 0 Å². The van der Waals surface area contributed by atoms with E-state index < -0.39 is 0 Å². The lowest BCUT2D eigenvalue weighted by molar-refractivity contribution is 0.157. The third kappa shape index (κ3) is 4.36. The molecule has 1 saturated heterocycles. The minimum atomic E-state index is -0.0473. The van der Waals surface area contributed by atoms with Gasteiger partial charge in [-0.2, -0.15) is 0 Å². The number of hydrogen-bond donors (Lipinski definition) is 2. The van der Waals surface area contributed by atoms with Crippen LogP contribution in [0.2, 0.25) is 0 Å². The molecule has 1 unspecified atom stereocenters.